The fraction of sp³-hybridized carbons (Fsp3) is 0.533. The molecule has 0 radical (unpaired) electrons. The van der Waals surface area contributed by atoms with Gasteiger partial charge in [0.25, 0.3) is 0 Å². The minimum absolute atomic E-state index is 0.00803. The van der Waals surface area contributed by atoms with Gasteiger partial charge in [-0.05, 0) is 42.5 Å². The van der Waals surface area contributed by atoms with Crippen LogP contribution >= 0.6 is 15.9 Å². The summed E-state index contributed by atoms with van der Waals surface area (Å²) in [4.78, 5) is 12.1. The highest BCUT2D eigenvalue weighted by molar-refractivity contribution is 9.10. The fourth-order valence-corrected chi connectivity index (χ4v) is 2.87. The van der Waals surface area contributed by atoms with Gasteiger partial charge in [0, 0.05) is 16.8 Å². The van der Waals surface area contributed by atoms with Crippen molar-refractivity contribution in [3.63, 3.8) is 0 Å². The van der Waals surface area contributed by atoms with Crippen LogP contribution in [0.5, 0.6) is 0 Å². The Kier molecular flexibility index (Phi) is 4.93. The first kappa shape index (κ1) is 14.4. The Balaban J connectivity index is 3.28. The van der Waals surface area contributed by atoms with E-state index < -0.39 is 0 Å². The van der Waals surface area contributed by atoms with Crippen molar-refractivity contribution in [1.29, 1.82) is 0 Å². The monoisotopic (exact) mass is 296 g/mol. The Morgan fingerprint density at radius 1 is 1.24 bits per heavy atom. The van der Waals surface area contributed by atoms with Gasteiger partial charge in [0.1, 0.15) is 5.78 Å². The van der Waals surface area contributed by atoms with Crippen LogP contribution < -0.4 is 0 Å². The Bertz CT molecular complexity index is 421. The molecule has 0 saturated heterocycles. The first-order chi connectivity index (χ1) is 7.88. The molecule has 1 aromatic rings. The molecule has 1 rings (SSSR count). The van der Waals surface area contributed by atoms with Crippen LogP contribution in [0.1, 0.15) is 49.8 Å². The third-order valence-electron chi connectivity index (χ3n) is 3.31. The van der Waals surface area contributed by atoms with Crippen LogP contribution in [-0.2, 0) is 4.79 Å². The number of carbonyl (C=O) groups excluding carboxylic acids is 1. The largest absolute Gasteiger partial charge is 0.299 e. The van der Waals surface area contributed by atoms with Crippen molar-refractivity contribution < 1.29 is 4.79 Å². The molecule has 1 atom stereocenters. The van der Waals surface area contributed by atoms with Gasteiger partial charge in [-0.1, -0.05) is 42.8 Å². The standard InChI is InChI=1S/C15H21BrO/c1-6-14(17)15(9(2)3)12-7-10(4)11(5)8-13(12)16/h7-9,15H,6H2,1-5H3. The Hall–Kier alpha value is -0.630. The average Bonchev–Trinajstić information content (AvgIpc) is 2.25. The average molecular weight is 297 g/mol. The summed E-state index contributed by atoms with van der Waals surface area (Å²) in [6, 6.07) is 4.26. The number of Topliss-reactive ketones (excluding diaryl/α,β-unsaturated/α-hetero) is 1. The predicted octanol–water partition coefficient (Wildman–Crippen LogP) is 4.78. The van der Waals surface area contributed by atoms with Crippen LogP contribution in [0.2, 0.25) is 0 Å². The van der Waals surface area contributed by atoms with Crippen molar-refractivity contribution in [3.05, 3.63) is 33.3 Å². The highest BCUT2D eigenvalue weighted by atomic mass is 79.9. The molecule has 0 N–H and O–H groups in total. The molecule has 0 amide bonds. The number of ketones is 1. The molecule has 0 aliphatic rings. The summed E-state index contributed by atoms with van der Waals surface area (Å²) in [5, 5.41) is 0. The van der Waals surface area contributed by atoms with E-state index in [0.29, 0.717) is 18.1 Å². The Morgan fingerprint density at radius 2 is 1.76 bits per heavy atom. The molecule has 1 unspecified atom stereocenters. The van der Waals surface area contributed by atoms with Crippen molar-refractivity contribution in [3.8, 4) is 0 Å². The Labute approximate surface area is 113 Å². The van der Waals surface area contributed by atoms with Crippen molar-refractivity contribution in [1.82, 2.24) is 0 Å². The number of benzene rings is 1. The molecule has 0 heterocycles. The van der Waals surface area contributed by atoms with E-state index in [0.717, 1.165) is 10.0 Å². The van der Waals surface area contributed by atoms with Gasteiger partial charge < -0.3 is 0 Å². The summed E-state index contributed by atoms with van der Waals surface area (Å²) in [6.07, 6.45) is 0.599. The topological polar surface area (TPSA) is 17.1 Å². The van der Waals surface area contributed by atoms with Crippen LogP contribution in [0, 0.1) is 19.8 Å². The number of hydrogen-bond donors (Lipinski definition) is 0. The van der Waals surface area contributed by atoms with E-state index in [9.17, 15) is 4.79 Å². The highest BCUT2D eigenvalue weighted by Crippen LogP contribution is 2.33. The molecule has 94 valence electrons. The number of carbonyl (C=O) groups is 1. The lowest BCUT2D eigenvalue weighted by atomic mass is 9.83. The summed E-state index contributed by atoms with van der Waals surface area (Å²) in [5.74, 6) is 0.665. The fourth-order valence-electron chi connectivity index (χ4n) is 2.17. The van der Waals surface area contributed by atoms with Crippen molar-refractivity contribution in [2.45, 2.75) is 47.0 Å². The van der Waals surface area contributed by atoms with Gasteiger partial charge in [-0.2, -0.15) is 0 Å². The molecular weight excluding hydrogens is 276 g/mol. The molecule has 17 heavy (non-hydrogen) atoms. The van der Waals surface area contributed by atoms with E-state index in [-0.39, 0.29) is 5.92 Å². The maximum Gasteiger partial charge on any atom is 0.140 e. The van der Waals surface area contributed by atoms with Crippen LogP contribution in [-0.4, -0.2) is 5.78 Å². The normalized spacial score (nSPS) is 12.9. The lowest BCUT2D eigenvalue weighted by Gasteiger charge is -2.22. The number of aryl methyl sites for hydroxylation is 2. The van der Waals surface area contributed by atoms with E-state index in [1.165, 1.54) is 11.1 Å². The molecule has 0 spiro atoms. The quantitative estimate of drug-likeness (QED) is 0.781. The zero-order chi connectivity index (χ0) is 13.2. The highest BCUT2D eigenvalue weighted by Gasteiger charge is 2.24. The van der Waals surface area contributed by atoms with Gasteiger partial charge in [0.15, 0.2) is 0 Å². The van der Waals surface area contributed by atoms with Gasteiger partial charge in [-0.15, -0.1) is 0 Å². The van der Waals surface area contributed by atoms with Crippen molar-refractivity contribution in [2.75, 3.05) is 0 Å². The summed E-state index contributed by atoms with van der Waals surface area (Å²) >= 11 is 3.60. The first-order valence-corrected chi connectivity index (χ1v) is 6.97. The molecule has 0 aromatic heterocycles. The molecule has 0 fully saturated rings. The second kappa shape index (κ2) is 5.81. The van der Waals surface area contributed by atoms with Crippen LogP contribution in [0.4, 0.5) is 0 Å². The smallest absolute Gasteiger partial charge is 0.140 e. The molecule has 1 aromatic carbocycles. The minimum Gasteiger partial charge on any atom is -0.299 e. The maximum atomic E-state index is 12.1. The lowest BCUT2D eigenvalue weighted by molar-refractivity contribution is -0.121. The van der Waals surface area contributed by atoms with Crippen LogP contribution in [0.3, 0.4) is 0 Å². The van der Waals surface area contributed by atoms with Gasteiger partial charge in [-0.25, -0.2) is 0 Å². The van der Waals surface area contributed by atoms with Crippen molar-refractivity contribution >= 4 is 21.7 Å². The molecule has 2 heteroatoms. The number of halogens is 1. The summed E-state index contributed by atoms with van der Waals surface area (Å²) < 4.78 is 1.06. The van der Waals surface area contributed by atoms with Crippen LogP contribution in [0.15, 0.2) is 16.6 Å². The first-order valence-electron chi connectivity index (χ1n) is 6.17. The molecule has 1 nitrogen and oxygen atoms in total. The number of hydrogen-bond acceptors (Lipinski definition) is 1. The summed E-state index contributed by atoms with van der Waals surface area (Å²) in [5.41, 5.74) is 3.64. The van der Waals surface area contributed by atoms with Gasteiger partial charge in [-0.3, -0.25) is 4.79 Å². The third-order valence-corrected chi connectivity index (χ3v) is 4.00. The molecular formula is C15H21BrO. The van der Waals surface area contributed by atoms with E-state index in [1.807, 2.05) is 6.92 Å². The summed E-state index contributed by atoms with van der Waals surface area (Å²) in [7, 11) is 0. The van der Waals surface area contributed by atoms with Crippen LogP contribution in [0.25, 0.3) is 0 Å². The van der Waals surface area contributed by atoms with Gasteiger partial charge in [0.05, 0.1) is 0 Å². The van der Waals surface area contributed by atoms with Gasteiger partial charge in [0.2, 0.25) is 0 Å². The second-order valence-corrected chi connectivity index (χ2v) is 5.85. The lowest BCUT2D eigenvalue weighted by Crippen LogP contribution is -2.18. The molecule has 0 aliphatic heterocycles. The zero-order valence-electron chi connectivity index (χ0n) is 11.3. The molecule has 0 bridgehead atoms. The predicted molar refractivity (Wildman–Crippen MR) is 76.5 cm³/mol. The summed E-state index contributed by atoms with van der Waals surface area (Å²) in [6.45, 7) is 10.3. The zero-order valence-corrected chi connectivity index (χ0v) is 12.9. The van der Waals surface area contributed by atoms with Crippen molar-refractivity contribution in [2.24, 2.45) is 5.92 Å². The molecule has 0 aliphatic carbocycles. The van der Waals surface area contributed by atoms with E-state index in [2.05, 4.69) is 55.8 Å². The Morgan fingerprint density at radius 3 is 2.24 bits per heavy atom. The minimum atomic E-state index is 0.00803. The van der Waals surface area contributed by atoms with Gasteiger partial charge >= 0.3 is 0 Å². The SMILES string of the molecule is CCC(=O)C(c1cc(C)c(C)cc1Br)C(C)C. The number of rotatable bonds is 4. The molecule has 0 saturated carbocycles. The third kappa shape index (κ3) is 3.19. The second-order valence-electron chi connectivity index (χ2n) is 5.00. The van der Waals surface area contributed by atoms with E-state index >= 15 is 0 Å². The van der Waals surface area contributed by atoms with E-state index in [1.54, 1.807) is 0 Å². The van der Waals surface area contributed by atoms with E-state index in [4.69, 9.17) is 0 Å². The maximum absolute atomic E-state index is 12.1.